The van der Waals surface area contributed by atoms with Crippen LogP contribution in [0.4, 0.5) is 0 Å². The van der Waals surface area contributed by atoms with Crippen LogP contribution in [0.1, 0.15) is 34.1 Å². The number of hydrogen-bond acceptors (Lipinski definition) is 2. The van der Waals surface area contributed by atoms with Crippen LogP contribution in [0.15, 0.2) is 0 Å². The molecule has 1 unspecified atom stereocenters. The summed E-state index contributed by atoms with van der Waals surface area (Å²) in [4.78, 5) is 24.9. The van der Waals surface area contributed by atoms with Crippen LogP contribution in [0.25, 0.3) is 0 Å². The minimum atomic E-state index is -0.776. The number of aliphatic carboxylic acids is 1. The quantitative estimate of drug-likeness (QED) is 0.796. The number of likely N-dealkylation sites (tertiary alicyclic amines) is 1. The molecule has 92 valence electrons. The number of amides is 1. The number of rotatable bonds is 3. The molecule has 0 saturated carbocycles. The molecule has 1 rings (SSSR count). The number of nitrogens with zero attached hydrogens (tertiary/aromatic N) is 1. The predicted octanol–water partition coefficient (Wildman–Crippen LogP) is 1.60. The molecule has 0 aromatic carbocycles. The SMILES string of the molecule is CC(C)C(=O)N1CCC(C(=O)O)(C(C)C)C1. The smallest absolute Gasteiger partial charge is 0.311 e. The Morgan fingerprint density at radius 1 is 1.25 bits per heavy atom. The summed E-state index contributed by atoms with van der Waals surface area (Å²) in [6.07, 6.45) is 0.568. The minimum Gasteiger partial charge on any atom is -0.481 e. The third-order valence-corrected chi connectivity index (χ3v) is 3.64. The lowest BCUT2D eigenvalue weighted by molar-refractivity contribution is -0.151. The van der Waals surface area contributed by atoms with Gasteiger partial charge in [0.1, 0.15) is 0 Å². The van der Waals surface area contributed by atoms with Gasteiger partial charge in [-0.15, -0.1) is 0 Å². The Kier molecular flexibility index (Phi) is 3.61. The highest BCUT2D eigenvalue weighted by Gasteiger charge is 2.48. The summed E-state index contributed by atoms with van der Waals surface area (Å²) in [7, 11) is 0. The zero-order valence-electron chi connectivity index (χ0n) is 10.5. The maximum atomic E-state index is 11.8. The van der Waals surface area contributed by atoms with Gasteiger partial charge < -0.3 is 10.0 Å². The van der Waals surface area contributed by atoms with Gasteiger partial charge >= 0.3 is 5.97 Å². The standard InChI is InChI=1S/C12H21NO3/c1-8(2)10(14)13-6-5-12(7-13,9(3)4)11(15)16/h8-9H,5-7H2,1-4H3,(H,15,16). The molecule has 1 aliphatic rings. The number of carboxylic acid groups (broad SMARTS) is 1. The Hall–Kier alpha value is -1.06. The molecule has 4 nitrogen and oxygen atoms in total. The van der Waals surface area contributed by atoms with Crippen LogP contribution < -0.4 is 0 Å². The summed E-state index contributed by atoms with van der Waals surface area (Å²) in [6.45, 7) is 8.45. The summed E-state index contributed by atoms with van der Waals surface area (Å²) in [6, 6.07) is 0. The first-order valence-electron chi connectivity index (χ1n) is 5.83. The van der Waals surface area contributed by atoms with Gasteiger partial charge in [0.2, 0.25) is 5.91 Å². The Balaban J connectivity index is 2.83. The second kappa shape index (κ2) is 4.44. The lowest BCUT2D eigenvalue weighted by atomic mass is 9.76. The molecule has 0 radical (unpaired) electrons. The van der Waals surface area contributed by atoms with E-state index in [9.17, 15) is 14.7 Å². The van der Waals surface area contributed by atoms with Crippen molar-refractivity contribution >= 4 is 11.9 Å². The van der Waals surface area contributed by atoms with E-state index >= 15 is 0 Å². The average molecular weight is 227 g/mol. The third-order valence-electron chi connectivity index (χ3n) is 3.64. The van der Waals surface area contributed by atoms with Crippen molar-refractivity contribution in [1.82, 2.24) is 4.90 Å². The summed E-state index contributed by atoms with van der Waals surface area (Å²) >= 11 is 0. The predicted molar refractivity (Wildman–Crippen MR) is 60.9 cm³/mol. The fourth-order valence-electron chi connectivity index (χ4n) is 2.28. The molecule has 0 spiro atoms. The molecule has 4 heteroatoms. The second-order valence-electron chi connectivity index (χ2n) is 5.28. The van der Waals surface area contributed by atoms with Crippen LogP contribution in [0, 0.1) is 17.3 Å². The fraction of sp³-hybridized carbons (Fsp3) is 0.833. The zero-order chi connectivity index (χ0) is 12.5. The largest absolute Gasteiger partial charge is 0.481 e. The Labute approximate surface area is 96.6 Å². The molecule has 1 saturated heterocycles. The molecule has 0 aromatic heterocycles. The van der Waals surface area contributed by atoms with Gasteiger partial charge in [0, 0.05) is 19.0 Å². The number of carboxylic acids is 1. The number of carbonyl (C=O) groups excluding carboxylic acids is 1. The number of carbonyl (C=O) groups is 2. The van der Waals surface area contributed by atoms with E-state index in [1.807, 2.05) is 27.7 Å². The van der Waals surface area contributed by atoms with Crippen molar-refractivity contribution in [3.05, 3.63) is 0 Å². The number of hydrogen-bond donors (Lipinski definition) is 1. The first-order chi connectivity index (χ1) is 7.31. The van der Waals surface area contributed by atoms with Gasteiger partial charge in [-0.1, -0.05) is 27.7 Å². The van der Waals surface area contributed by atoms with Crippen LogP contribution in [-0.4, -0.2) is 35.0 Å². The molecule has 1 atom stereocenters. The highest BCUT2D eigenvalue weighted by Crippen LogP contribution is 2.38. The molecule has 1 amide bonds. The zero-order valence-corrected chi connectivity index (χ0v) is 10.5. The van der Waals surface area contributed by atoms with E-state index in [0.29, 0.717) is 19.5 Å². The van der Waals surface area contributed by atoms with Crippen LogP contribution in [0.3, 0.4) is 0 Å². The van der Waals surface area contributed by atoms with Crippen LogP contribution in [0.5, 0.6) is 0 Å². The summed E-state index contributed by atoms with van der Waals surface area (Å²) in [5, 5.41) is 9.33. The molecule has 0 aromatic rings. The van der Waals surface area contributed by atoms with Crippen molar-refractivity contribution in [2.45, 2.75) is 34.1 Å². The van der Waals surface area contributed by atoms with Crippen LogP contribution >= 0.6 is 0 Å². The molecule has 1 fully saturated rings. The van der Waals surface area contributed by atoms with Crippen LogP contribution in [-0.2, 0) is 9.59 Å². The average Bonchev–Trinajstić information content (AvgIpc) is 2.61. The van der Waals surface area contributed by atoms with Gasteiger partial charge in [-0.3, -0.25) is 9.59 Å². The maximum Gasteiger partial charge on any atom is 0.311 e. The fourth-order valence-corrected chi connectivity index (χ4v) is 2.28. The van der Waals surface area contributed by atoms with E-state index in [1.54, 1.807) is 4.90 Å². The van der Waals surface area contributed by atoms with Crippen LogP contribution in [0.2, 0.25) is 0 Å². The second-order valence-corrected chi connectivity index (χ2v) is 5.28. The molecule has 1 aliphatic heterocycles. The highest BCUT2D eigenvalue weighted by atomic mass is 16.4. The highest BCUT2D eigenvalue weighted by molar-refractivity contribution is 5.81. The van der Waals surface area contributed by atoms with Gasteiger partial charge in [-0.05, 0) is 12.3 Å². The summed E-state index contributed by atoms with van der Waals surface area (Å²) in [5.41, 5.74) is -0.745. The summed E-state index contributed by atoms with van der Waals surface area (Å²) < 4.78 is 0. The van der Waals surface area contributed by atoms with Crippen molar-refractivity contribution in [3.63, 3.8) is 0 Å². The van der Waals surface area contributed by atoms with E-state index in [1.165, 1.54) is 0 Å². The molecule has 1 heterocycles. The van der Waals surface area contributed by atoms with Gasteiger partial charge in [0.05, 0.1) is 5.41 Å². The molecular weight excluding hydrogens is 206 g/mol. The topological polar surface area (TPSA) is 57.6 Å². The van der Waals surface area contributed by atoms with Gasteiger partial charge in [0.15, 0.2) is 0 Å². The summed E-state index contributed by atoms with van der Waals surface area (Å²) in [5.74, 6) is -0.725. The van der Waals surface area contributed by atoms with Gasteiger partial charge in [-0.2, -0.15) is 0 Å². The van der Waals surface area contributed by atoms with E-state index < -0.39 is 11.4 Å². The van der Waals surface area contributed by atoms with E-state index in [2.05, 4.69) is 0 Å². The van der Waals surface area contributed by atoms with Crippen molar-refractivity contribution in [2.75, 3.05) is 13.1 Å². The van der Waals surface area contributed by atoms with Crippen molar-refractivity contribution in [1.29, 1.82) is 0 Å². The monoisotopic (exact) mass is 227 g/mol. The molecule has 1 N–H and O–H groups in total. The van der Waals surface area contributed by atoms with Crippen molar-refractivity contribution in [3.8, 4) is 0 Å². The first-order valence-corrected chi connectivity index (χ1v) is 5.83. The molecule has 16 heavy (non-hydrogen) atoms. The Bertz CT molecular complexity index is 299. The minimum absolute atomic E-state index is 0.0509. The van der Waals surface area contributed by atoms with Crippen molar-refractivity contribution in [2.24, 2.45) is 17.3 Å². The van der Waals surface area contributed by atoms with E-state index in [-0.39, 0.29) is 17.7 Å². The van der Waals surface area contributed by atoms with E-state index in [0.717, 1.165) is 0 Å². The first kappa shape index (κ1) is 13.0. The normalized spacial score (nSPS) is 25.5. The molecule has 0 aliphatic carbocycles. The molecular formula is C12H21NO3. The Morgan fingerprint density at radius 2 is 1.81 bits per heavy atom. The van der Waals surface area contributed by atoms with Gasteiger partial charge in [0.25, 0.3) is 0 Å². The lowest BCUT2D eigenvalue weighted by Crippen LogP contribution is -2.41. The molecule has 0 bridgehead atoms. The lowest BCUT2D eigenvalue weighted by Gasteiger charge is -2.29. The van der Waals surface area contributed by atoms with Crippen molar-refractivity contribution < 1.29 is 14.7 Å². The maximum absolute atomic E-state index is 11.8. The Morgan fingerprint density at radius 3 is 2.12 bits per heavy atom. The van der Waals surface area contributed by atoms with Gasteiger partial charge in [-0.25, -0.2) is 0 Å². The third kappa shape index (κ3) is 2.06. The van der Waals surface area contributed by atoms with E-state index in [4.69, 9.17) is 0 Å².